The Labute approximate surface area is 99.6 Å². The highest BCUT2D eigenvalue weighted by Gasteiger charge is 2.10. The summed E-state index contributed by atoms with van der Waals surface area (Å²) in [5.41, 5.74) is 6.13. The minimum Gasteiger partial charge on any atom is -0.351 e. The monoisotopic (exact) mass is 236 g/mol. The number of primary amides is 1. The first-order valence-corrected chi connectivity index (χ1v) is 5.17. The number of benzene rings is 1. The van der Waals surface area contributed by atoms with Gasteiger partial charge in [-0.3, -0.25) is 4.79 Å². The molecule has 0 spiro atoms. The lowest BCUT2D eigenvalue weighted by Gasteiger charge is -2.11. The smallest absolute Gasteiger partial charge is 0.316 e. The molecule has 0 heterocycles. The lowest BCUT2D eigenvalue weighted by Crippen LogP contribution is -2.35. The van der Waals surface area contributed by atoms with Gasteiger partial charge in [-0.05, 0) is 32.2 Å². The van der Waals surface area contributed by atoms with Crippen molar-refractivity contribution in [3.63, 3.8) is 0 Å². The summed E-state index contributed by atoms with van der Waals surface area (Å²) in [6.07, 6.45) is 0. The molecule has 0 aliphatic heterocycles. The maximum absolute atomic E-state index is 11.6. The molecule has 6 nitrogen and oxygen atoms in total. The number of nitrogens with one attached hydrogen (secondary N) is 3. The van der Waals surface area contributed by atoms with Gasteiger partial charge >= 0.3 is 6.03 Å². The van der Waals surface area contributed by atoms with Crippen LogP contribution >= 0.6 is 0 Å². The van der Waals surface area contributed by atoms with Crippen molar-refractivity contribution in [2.45, 2.75) is 13.0 Å². The fourth-order valence-electron chi connectivity index (χ4n) is 1.20. The predicted molar refractivity (Wildman–Crippen MR) is 66.8 cm³/mol. The van der Waals surface area contributed by atoms with Gasteiger partial charge in [0.2, 0.25) is 5.91 Å². The Bertz CT molecular complexity index is 420. The van der Waals surface area contributed by atoms with Crippen LogP contribution in [0.5, 0.6) is 0 Å². The first-order valence-electron chi connectivity index (χ1n) is 5.17. The van der Waals surface area contributed by atoms with Crippen LogP contribution in [-0.4, -0.2) is 25.0 Å². The number of urea groups is 1. The summed E-state index contributed by atoms with van der Waals surface area (Å²) in [5, 5.41) is 7.98. The van der Waals surface area contributed by atoms with Crippen LogP contribution in [0.2, 0.25) is 0 Å². The van der Waals surface area contributed by atoms with Crippen LogP contribution < -0.4 is 21.7 Å². The van der Waals surface area contributed by atoms with E-state index in [1.54, 1.807) is 38.2 Å². The normalized spacial score (nSPS) is 11.6. The topological polar surface area (TPSA) is 96.2 Å². The molecule has 0 radical (unpaired) electrons. The second-order valence-electron chi connectivity index (χ2n) is 3.57. The van der Waals surface area contributed by atoms with E-state index in [4.69, 9.17) is 5.73 Å². The highest BCUT2D eigenvalue weighted by Crippen LogP contribution is 2.14. The van der Waals surface area contributed by atoms with Crippen molar-refractivity contribution < 1.29 is 9.59 Å². The highest BCUT2D eigenvalue weighted by atomic mass is 16.2. The molecule has 3 amide bonds. The zero-order chi connectivity index (χ0) is 12.8. The first kappa shape index (κ1) is 13.0. The standard InChI is InChI=1S/C11H16N4O2/c1-7(13-2)10(16)14-8-4-3-5-9(6-8)15-11(12)17/h3-7,13H,1-2H3,(H,14,16)(H3,12,15,17). The minimum absolute atomic E-state index is 0.149. The number of nitrogens with two attached hydrogens (primary N) is 1. The van der Waals surface area contributed by atoms with E-state index in [1.165, 1.54) is 0 Å². The molecule has 1 aromatic carbocycles. The van der Waals surface area contributed by atoms with Crippen LogP contribution in [0.15, 0.2) is 24.3 Å². The third-order valence-electron chi connectivity index (χ3n) is 2.22. The third kappa shape index (κ3) is 4.12. The molecule has 92 valence electrons. The van der Waals surface area contributed by atoms with E-state index >= 15 is 0 Å². The van der Waals surface area contributed by atoms with Gasteiger partial charge in [0, 0.05) is 11.4 Å². The fraction of sp³-hybridized carbons (Fsp3) is 0.273. The van der Waals surface area contributed by atoms with Gasteiger partial charge < -0.3 is 21.7 Å². The third-order valence-corrected chi connectivity index (χ3v) is 2.22. The number of hydrogen-bond acceptors (Lipinski definition) is 3. The number of rotatable bonds is 4. The molecule has 0 aliphatic rings. The second-order valence-corrected chi connectivity index (χ2v) is 3.57. The largest absolute Gasteiger partial charge is 0.351 e. The molecule has 0 bridgehead atoms. The molecule has 1 rings (SSSR count). The fourth-order valence-corrected chi connectivity index (χ4v) is 1.20. The van der Waals surface area contributed by atoms with Crippen LogP contribution in [0, 0.1) is 0 Å². The van der Waals surface area contributed by atoms with E-state index in [9.17, 15) is 9.59 Å². The zero-order valence-corrected chi connectivity index (χ0v) is 9.78. The summed E-state index contributed by atoms with van der Waals surface area (Å²) in [5.74, 6) is -0.149. The lowest BCUT2D eigenvalue weighted by molar-refractivity contribution is -0.117. The van der Waals surface area contributed by atoms with Crippen LogP contribution in [0.1, 0.15) is 6.92 Å². The number of carbonyl (C=O) groups is 2. The van der Waals surface area contributed by atoms with Crippen molar-refractivity contribution >= 4 is 23.3 Å². The van der Waals surface area contributed by atoms with Gasteiger partial charge in [0.25, 0.3) is 0 Å². The Hall–Kier alpha value is -2.08. The number of hydrogen-bond donors (Lipinski definition) is 4. The summed E-state index contributed by atoms with van der Waals surface area (Å²) >= 11 is 0. The molecule has 0 saturated carbocycles. The van der Waals surface area contributed by atoms with Gasteiger partial charge in [-0.15, -0.1) is 0 Å². The second kappa shape index (κ2) is 5.86. The van der Waals surface area contributed by atoms with Crippen molar-refractivity contribution in [1.29, 1.82) is 0 Å². The van der Waals surface area contributed by atoms with E-state index in [0.29, 0.717) is 11.4 Å². The van der Waals surface area contributed by atoms with E-state index in [1.807, 2.05) is 0 Å². The molecule has 0 fully saturated rings. The molecule has 1 unspecified atom stereocenters. The molecule has 17 heavy (non-hydrogen) atoms. The molecule has 1 atom stereocenters. The van der Waals surface area contributed by atoms with Crippen LogP contribution in [0.4, 0.5) is 16.2 Å². The summed E-state index contributed by atoms with van der Waals surface area (Å²) in [7, 11) is 1.70. The lowest BCUT2D eigenvalue weighted by atomic mass is 10.2. The summed E-state index contributed by atoms with van der Waals surface area (Å²) in [6.45, 7) is 1.75. The van der Waals surface area contributed by atoms with Crippen LogP contribution in [0.25, 0.3) is 0 Å². The molecule has 1 aromatic rings. The molecular formula is C11H16N4O2. The molecule has 5 N–H and O–H groups in total. The quantitative estimate of drug-likeness (QED) is 0.620. The Morgan fingerprint density at radius 2 is 1.82 bits per heavy atom. The van der Waals surface area contributed by atoms with E-state index in [0.717, 1.165) is 0 Å². The SMILES string of the molecule is CNC(C)C(=O)Nc1cccc(NC(N)=O)c1. The summed E-state index contributed by atoms with van der Waals surface area (Å²) < 4.78 is 0. The molecule has 0 aromatic heterocycles. The number of likely N-dealkylation sites (N-methyl/N-ethyl adjacent to an activating group) is 1. The van der Waals surface area contributed by atoms with Gasteiger partial charge in [0.15, 0.2) is 0 Å². The zero-order valence-electron chi connectivity index (χ0n) is 9.78. The van der Waals surface area contributed by atoms with Crippen LogP contribution in [-0.2, 0) is 4.79 Å². The Kier molecular flexibility index (Phi) is 4.47. The summed E-state index contributed by atoms with van der Waals surface area (Å²) in [4.78, 5) is 22.3. The van der Waals surface area contributed by atoms with Crippen molar-refractivity contribution in [3.8, 4) is 0 Å². The van der Waals surface area contributed by atoms with Gasteiger partial charge in [-0.1, -0.05) is 6.07 Å². The molecule has 6 heteroatoms. The Morgan fingerprint density at radius 1 is 1.24 bits per heavy atom. The van der Waals surface area contributed by atoms with Crippen molar-refractivity contribution in [2.24, 2.45) is 5.73 Å². The van der Waals surface area contributed by atoms with Crippen molar-refractivity contribution in [3.05, 3.63) is 24.3 Å². The molecule has 0 aliphatic carbocycles. The van der Waals surface area contributed by atoms with Crippen LogP contribution in [0.3, 0.4) is 0 Å². The predicted octanol–water partition coefficient (Wildman–Crippen LogP) is 0.724. The van der Waals surface area contributed by atoms with E-state index < -0.39 is 6.03 Å². The van der Waals surface area contributed by atoms with Gasteiger partial charge in [0.05, 0.1) is 6.04 Å². The van der Waals surface area contributed by atoms with Crippen molar-refractivity contribution in [1.82, 2.24) is 5.32 Å². The Balaban J connectivity index is 2.72. The number of anilines is 2. The molecular weight excluding hydrogens is 220 g/mol. The molecule has 0 saturated heterocycles. The Morgan fingerprint density at radius 3 is 2.35 bits per heavy atom. The van der Waals surface area contributed by atoms with Gasteiger partial charge in [-0.25, -0.2) is 4.79 Å². The highest BCUT2D eigenvalue weighted by molar-refractivity contribution is 5.95. The first-order chi connectivity index (χ1) is 8.02. The summed E-state index contributed by atoms with van der Waals surface area (Å²) in [6, 6.07) is 5.82. The number of carbonyl (C=O) groups excluding carboxylic acids is 2. The maximum atomic E-state index is 11.6. The van der Waals surface area contributed by atoms with Gasteiger partial charge in [-0.2, -0.15) is 0 Å². The van der Waals surface area contributed by atoms with E-state index in [2.05, 4.69) is 16.0 Å². The average Bonchev–Trinajstić information content (AvgIpc) is 2.27. The van der Waals surface area contributed by atoms with Gasteiger partial charge in [0.1, 0.15) is 0 Å². The number of amides is 3. The van der Waals surface area contributed by atoms with Crippen molar-refractivity contribution in [2.75, 3.05) is 17.7 Å². The average molecular weight is 236 g/mol. The van der Waals surface area contributed by atoms with E-state index in [-0.39, 0.29) is 11.9 Å². The maximum Gasteiger partial charge on any atom is 0.316 e. The minimum atomic E-state index is -0.642.